The summed E-state index contributed by atoms with van der Waals surface area (Å²) in [4.78, 5) is 4.14. The van der Waals surface area contributed by atoms with Crippen LogP contribution in [0.15, 0.2) is 22.9 Å². The zero-order chi connectivity index (χ0) is 7.84. The lowest BCUT2D eigenvalue weighted by molar-refractivity contribution is 0.978. The van der Waals surface area contributed by atoms with Crippen molar-refractivity contribution in [2.45, 2.75) is 18.4 Å². The maximum atomic E-state index is 5.70. The maximum Gasteiger partial charge on any atom is 0.106 e. The van der Waals surface area contributed by atoms with E-state index in [1.54, 1.807) is 0 Å². The van der Waals surface area contributed by atoms with Gasteiger partial charge in [0, 0.05) is 18.2 Å². The molecule has 1 aromatic heterocycles. The van der Waals surface area contributed by atoms with Gasteiger partial charge >= 0.3 is 0 Å². The van der Waals surface area contributed by atoms with Crippen LogP contribution in [0.2, 0.25) is 0 Å². The first-order valence-electron chi connectivity index (χ1n) is 3.64. The van der Waals surface area contributed by atoms with Crippen LogP contribution in [0.5, 0.6) is 0 Å². The van der Waals surface area contributed by atoms with Gasteiger partial charge in [0.05, 0.1) is 0 Å². The lowest BCUT2D eigenvalue weighted by atomic mass is 10.2. The standard InChI is InChI=1S/C8H9BrN2.2ClH/c9-8-2-1-5(4-11-8)6-3-7(6)10;;/h1-2,4,6-7H,3,10H2;2*1H/t6-,7-;;/m0../s1. The maximum absolute atomic E-state index is 5.70. The smallest absolute Gasteiger partial charge is 0.106 e. The second-order valence-corrected chi connectivity index (χ2v) is 3.73. The van der Waals surface area contributed by atoms with Gasteiger partial charge in [0.15, 0.2) is 0 Å². The molecule has 2 atom stereocenters. The van der Waals surface area contributed by atoms with E-state index in [9.17, 15) is 0 Å². The van der Waals surface area contributed by atoms with Gasteiger partial charge in [-0.1, -0.05) is 6.07 Å². The van der Waals surface area contributed by atoms with Gasteiger partial charge in [-0.2, -0.15) is 0 Å². The van der Waals surface area contributed by atoms with Crippen LogP contribution in [0.25, 0.3) is 0 Å². The van der Waals surface area contributed by atoms with Gasteiger partial charge in [-0.25, -0.2) is 4.98 Å². The Labute approximate surface area is 98.3 Å². The first-order valence-corrected chi connectivity index (χ1v) is 4.43. The van der Waals surface area contributed by atoms with Crippen molar-refractivity contribution in [3.05, 3.63) is 28.5 Å². The van der Waals surface area contributed by atoms with Crippen molar-refractivity contribution >= 4 is 40.7 Å². The zero-order valence-electron chi connectivity index (χ0n) is 6.81. The molecule has 2 N–H and O–H groups in total. The molecule has 0 aromatic carbocycles. The minimum Gasteiger partial charge on any atom is -0.327 e. The minimum atomic E-state index is 0. The van der Waals surface area contributed by atoms with Crippen LogP contribution in [0.1, 0.15) is 17.9 Å². The number of nitrogens with zero attached hydrogens (tertiary/aromatic N) is 1. The van der Waals surface area contributed by atoms with Crippen molar-refractivity contribution < 1.29 is 0 Å². The summed E-state index contributed by atoms with van der Waals surface area (Å²) >= 11 is 3.29. The molecule has 2 nitrogen and oxygen atoms in total. The van der Waals surface area contributed by atoms with Gasteiger partial charge in [0.25, 0.3) is 0 Å². The van der Waals surface area contributed by atoms with Gasteiger partial charge in [-0.3, -0.25) is 0 Å². The predicted octanol–water partition coefficient (Wildman–Crippen LogP) is 2.50. The Morgan fingerprint density at radius 2 is 2.00 bits per heavy atom. The predicted molar refractivity (Wildman–Crippen MR) is 61.8 cm³/mol. The van der Waals surface area contributed by atoms with E-state index in [-0.39, 0.29) is 24.8 Å². The fraction of sp³-hybridized carbons (Fsp3) is 0.375. The summed E-state index contributed by atoms with van der Waals surface area (Å²) in [5.74, 6) is 0.565. The molecule has 0 unspecified atom stereocenters. The molecule has 1 aromatic rings. The van der Waals surface area contributed by atoms with Gasteiger partial charge < -0.3 is 5.73 Å². The SMILES string of the molecule is Cl.Cl.N[C@H]1C[C@H]1c1ccc(Br)nc1. The van der Waals surface area contributed by atoms with E-state index in [4.69, 9.17) is 5.73 Å². The molecular formula is C8H11BrCl2N2. The Kier molecular flexibility index (Phi) is 5.22. The third kappa shape index (κ3) is 3.09. The number of halogens is 3. The van der Waals surface area contributed by atoms with Crippen LogP contribution in [-0.2, 0) is 0 Å². The summed E-state index contributed by atoms with van der Waals surface area (Å²) in [5.41, 5.74) is 6.96. The molecule has 1 fully saturated rings. The third-order valence-electron chi connectivity index (χ3n) is 2.02. The Hall–Kier alpha value is 0.170. The molecule has 5 heteroatoms. The summed E-state index contributed by atoms with van der Waals surface area (Å²) in [6, 6.07) is 4.41. The third-order valence-corrected chi connectivity index (χ3v) is 2.49. The number of hydrogen-bond donors (Lipinski definition) is 1. The van der Waals surface area contributed by atoms with Crippen molar-refractivity contribution in [1.82, 2.24) is 4.98 Å². The van der Waals surface area contributed by atoms with E-state index in [1.165, 1.54) is 5.56 Å². The van der Waals surface area contributed by atoms with E-state index in [2.05, 4.69) is 27.0 Å². The highest BCUT2D eigenvalue weighted by Gasteiger charge is 2.34. The molecule has 2 rings (SSSR count). The highest BCUT2D eigenvalue weighted by Crippen LogP contribution is 2.38. The van der Waals surface area contributed by atoms with E-state index in [1.807, 2.05) is 12.3 Å². The summed E-state index contributed by atoms with van der Waals surface area (Å²) in [6.07, 6.45) is 3.00. The summed E-state index contributed by atoms with van der Waals surface area (Å²) < 4.78 is 0.885. The van der Waals surface area contributed by atoms with E-state index < -0.39 is 0 Å². The highest BCUT2D eigenvalue weighted by atomic mass is 79.9. The molecule has 1 aliphatic carbocycles. The molecule has 1 saturated carbocycles. The average Bonchev–Trinajstić information content (AvgIpc) is 2.69. The second-order valence-electron chi connectivity index (χ2n) is 2.92. The van der Waals surface area contributed by atoms with Crippen molar-refractivity contribution in [1.29, 1.82) is 0 Å². The fourth-order valence-corrected chi connectivity index (χ4v) is 1.44. The van der Waals surface area contributed by atoms with Crippen LogP contribution in [-0.4, -0.2) is 11.0 Å². The summed E-state index contributed by atoms with van der Waals surface area (Å²) in [7, 11) is 0. The monoisotopic (exact) mass is 284 g/mol. The number of pyridine rings is 1. The second kappa shape index (κ2) is 5.15. The van der Waals surface area contributed by atoms with Crippen molar-refractivity contribution in [2.24, 2.45) is 5.73 Å². The lowest BCUT2D eigenvalue weighted by Gasteiger charge is -1.96. The van der Waals surface area contributed by atoms with Crippen LogP contribution in [0, 0.1) is 0 Å². The van der Waals surface area contributed by atoms with Crippen molar-refractivity contribution in [3.63, 3.8) is 0 Å². The van der Waals surface area contributed by atoms with Crippen LogP contribution in [0.3, 0.4) is 0 Å². The molecule has 0 saturated heterocycles. The average molecular weight is 286 g/mol. The van der Waals surface area contributed by atoms with Gasteiger partial charge in [0.1, 0.15) is 4.60 Å². The minimum absolute atomic E-state index is 0. The topological polar surface area (TPSA) is 38.9 Å². The number of hydrogen-bond acceptors (Lipinski definition) is 2. The normalized spacial score (nSPS) is 24.2. The first-order chi connectivity index (χ1) is 5.27. The Balaban J connectivity index is 0.000000720. The molecular weight excluding hydrogens is 275 g/mol. The van der Waals surface area contributed by atoms with Crippen LogP contribution in [0.4, 0.5) is 0 Å². The number of rotatable bonds is 1. The number of nitrogens with two attached hydrogens (primary N) is 1. The Morgan fingerprint density at radius 3 is 2.38 bits per heavy atom. The molecule has 0 radical (unpaired) electrons. The van der Waals surface area contributed by atoms with Gasteiger partial charge in [-0.05, 0) is 34.0 Å². The fourth-order valence-electron chi connectivity index (χ4n) is 1.20. The largest absolute Gasteiger partial charge is 0.327 e. The van der Waals surface area contributed by atoms with Crippen molar-refractivity contribution in [2.75, 3.05) is 0 Å². The van der Waals surface area contributed by atoms with E-state index in [0.717, 1.165) is 11.0 Å². The molecule has 1 aliphatic rings. The zero-order valence-corrected chi connectivity index (χ0v) is 10.0. The van der Waals surface area contributed by atoms with Crippen molar-refractivity contribution in [3.8, 4) is 0 Å². The Morgan fingerprint density at radius 1 is 1.38 bits per heavy atom. The van der Waals surface area contributed by atoms with E-state index >= 15 is 0 Å². The highest BCUT2D eigenvalue weighted by molar-refractivity contribution is 9.10. The quantitative estimate of drug-likeness (QED) is 0.806. The molecule has 0 spiro atoms. The summed E-state index contributed by atoms with van der Waals surface area (Å²) in [5, 5.41) is 0. The molecule has 74 valence electrons. The van der Waals surface area contributed by atoms with Crippen LogP contribution >= 0.6 is 40.7 Å². The Bertz CT molecular complexity index is 265. The lowest BCUT2D eigenvalue weighted by Crippen LogP contribution is -2.00. The molecule has 0 aliphatic heterocycles. The van der Waals surface area contributed by atoms with Gasteiger partial charge in [0.2, 0.25) is 0 Å². The van der Waals surface area contributed by atoms with Crippen LogP contribution < -0.4 is 5.73 Å². The molecule has 13 heavy (non-hydrogen) atoms. The first kappa shape index (κ1) is 13.2. The number of aromatic nitrogens is 1. The molecule has 0 bridgehead atoms. The molecule has 0 amide bonds. The van der Waals surface area contributed by atoms with Gasteiger partial charge in [-0.15, -0.1) is 24.8 Å². The van der Waals surface area contributed by atoms with E-state index in [0.29, 0.717) is 12.0 Å². The molecule has 1 heterocycles. The summed E-state index contributed by atoms with van der Waals surface area (Å²) in [6.45, 7) is 0.